The molecule has 65 heavy (non-hydrogen) atoms. The molecule has 0 aliphatic carbocycles. The van der Waals surface area contributed by atoms with E-state index >= 15 is 0 Å². The van der Waals surface area contributed by atoms with Crippen LogP contribution < -0.4 is 61.0 Å². The molecule has 2 aromatic carbocycles. The van der Waals surface area contributed by atoms with Gasteiger partial charge in [0.25, 0.3) is 0 Å². The number of aliphatic carboxylic acids is 1. The number of nitrogens with one attached hydrogen (secondary N) is 7. The van der Waals surface area contributed by atoms with Crippen LogP contribution in [0.4, 0.5) is 0 Å². The van der Waals surface area contributed by atoms with E-state index in [4.69, 9.17) is 34.4 Å². The minimum absolute atomic E-state index is 0.0252. The van der Waals surface area contributed by atoms with Gasteiger partial charge in [-0.25, -0.2) is 4.79 Å². The van der Waals surface area contributed by atoms with Crippen molar-refractivity contribution in [2.24, 2.45) is 44.4 Å². The second-order valence-electron chi connectivity index (χ2n) is 15.1. The van der Waals surface area contributed by atoms with Crippen LogP contribution in [0.5, 0.6) is 0 Å². The van der Waals surface area contributed by atoms with Gasteiger partial charge in [-0.15, -0.1) is 0 Å². The molecule has 2 aromatic heterocycles. The number of aromatic amines is 2. The largest absolute Gasteiger partial charge is 0.480 e. The summed E-state index contributed by atoms with van der Waals surface area (Å²) in [5.74, 6) is -7.20. The van der Waals surface area contributed by atoms with Crippen LogP contribution in [0.15, 0.2) is 70.9 Å². The van der Waals surface area contributed by atoms with Gasteiger partial charge in [0.1, 0.15) is 30.2 Å². The molecule has 20 N–H and O–H groups in total. The van der Waals surface area contributed by atoms with Gasteiger partial charge in [0, 0.05) is 65.9 Å². The number of aromatic nitrogens is 2. The molecule has 0 aliphatic heterocycles. The lowest BCUT2D eigenvalue weighted by Gasteiger charge is -2.27. The van der Waals surface area contributed by atoms with Crippen LogP contribution in [0.2, 0.25) is 0 Å². The summed E-state index contributed by atoms with van der Waals surface area (Å²) in [5, 5.41) is 24.0. The number of carboxylic acid groups (broad SMARTS) is 1. The molecule has 4 aromatic rings. The molecule has 6 amide bonds. The van der Waals surface area contributed by atoms with Crippen molar-refractivity contribution in [1.29, 1.82) is 0 Å². The number of nitrogens with zero attached hydrogens (tertiary/aromatic N) is 2. The third kappa shape index (κ3) is 15.5. The summed E-state index contributed by atoms with van der Waals surface area (Å²) >= 11 is 4.19. The fourth-order valence-electron chi connectivity index (χ4n) is 6.85. The molecule has 0 bridgehead atoms. The zero-order valence-corrected chi connectivity index (χ0v) is 36.3. The Morgan fingerprint density at radius 3 is 1.46 bits per heavy atom. The second-order valence-corrected chi connectivity index (χ2v) is 15.5. The number of rotatable bonds is 26. The van der Waals surface area contributed by atoms with Gasteiger partial charge in [-0.1, -0.05) is 36.4 Å². The molecule has 0 saturated carbocycles. The molecule has 24 heteroatoms. The standard InChI is InChI=1S/C41H57N15O8S/c42-25(9-5-13-48-40(44)45)34(58)52-28(12-6-14-49-41(46)47)35(59)53-29(15-21-18-50-26-10-3-1-7-23(21)26)36(60)54-30(16-22-19-51-27-11-4-2-8-24(22)27)37(61)56-32(20-65)38(62)55-31(39(63)64)17-33(43)57/h1-4,7-8,10-11,18-19,25,28-32,50-51,65H,5-6,9,12-17,20,42H2,(H2,43,57)(H,52,58)(H,53,59)(H,54,60)(H,55,62)(H,56,61)(H,63,64)(H4,44,45,48)(H4,46,47,49)/t25-,28-,29-,30-,31-,32-/m0/s1. The van der Waals surface area contributed by atoms with Crippen molar-refractivity contribution < 1.29 is 38.7 Å². The van der Waals surface area contributed by atoms with Crippen molar-refractivity contribution in [2.75, 3.05) is 18.8 Å². The molecule has 0 aliphatic rings. The van der Waals surface area contributed by atoms with E-state index in [-0.39, 0.29) is 62.9 Å². The number of carbonyl (C=O) groups is 7. The van der Waals surface area contributed by atoms with Crippen LogP contribution >= 0.6 is 12.6 Å². The molecule has 350 valence electrons. The van der Waals surface area contributed by atoms with Crippen molar-refractivity contribution in [2.45, 2.75) is 81.2 Å². The van der Waals surface area contributed by atoms with Gasteiger partial charge in [-0.2, -0.15) is 12.6 Å². The van der Waals surface area contributed by atoms with Crippen LogP contribution in [0.3, 0.4) is 0 Å². The van der Waals surface area contributed by atoms with Gasteiger partial charge in [0.05, 0.1) is 12.5 Å². The molecule has 2 heterocycles. The molecule has 0 radical (unpaired) electrons. The second kappa shape index (κ2) is 24.5. The Balaban J connectivity index is 1.67. The number of benzene rings is 2. The summed E-state index contributed by atoms with van der Waals surface area (Å²) in [6.45, 7) is 0.337. The van der Waals surface area contributed by atoms with Crippen molar-refractivity contribution in [3.63, 3.8) is 0 Å². The summed E-state index contributed by atoms with van der Waals surface area (Å²) in [6, 6.07) is 6.31. The Morgan fingerprint density at radius 1 is 0.585 bits per heavy atom. The lowest BCUT2D eigenvalue weighted by molar-refractivity contribution is -0.143. The van der Waals surface area contributed by atoms with Crippen LogP contribution in [-0.2, 0) is 46.4 Å². The number of primary amides is 1. The van der Waals surface area contributed by atoms with Gasteiger partial charge in [-0.05, 0) is 48.9 Å². The number of aliphatic imine (C=N–C) groups is 2. The Hall–Kier alpha value is -7.34. The van der Waals surface area contributed by atoms with E-state index in [1.54, 1.807) is 24.5 Å². The summed E-state index contributed by atoms with van der Waals surface area (Å²) in [4.78, 5) is 107. The van der Waals surface area contributed by atoms with Crippen LogP contribution in [0.1, 0.15) is 43.2 Å². The van der Waals surface area contributed by atoms with Gasteiger partial charge in [0.2, 0.25) is 35.4 Å². The predicted molar refractivity (Wildman–Crippen MR) is 247 cm³/mol. The fraction of sp³-hybridized carbons (Fsp3) is 0.390. The van der Waals surface area contributed by atoms with Gasteiger partial charge in [-0.3, -0.25) is 38.8 Å². The Bertz CT molecular complexity index is 2380. The first-order valence-corrected chi connectivity index (χ1v) is 21.2. The summed E-state index contributed by atoms with van der Waals surface area (Å²) in [5.41, 5.74) is 35.8. The highest BCUT2D eigenvalue weighted by molar-refractivity contribution is 7.80. The van der Waals surface area contributed by atoms with Crippen molar-refractivity contribution in [1.82, 2.24) is 36.6 Å². The number of fused-ring (bicyclic) bond motifs is 2. The molecule has 0 unspecified atom stereocenters. The number of hydrogen-bond acceptors (Lipinski definition) is 11. The molecule has 0 saturated heterocycles. The first-order valence-electron chi connectivity index (χ1n) is 20.6. The molecular weight excluding hydrogens is 863 g/mol. The van der Waals surface area contributed by atoms with E-state index < -0.39 is 84.1 Å². The van der Waals surface area contributed by atoms with Crippen molar-refractivity contribution >= 4 is 87.8 Å². The summed E-state index contributed by atoms with van der Waals surface area (Å²) in [6.07, 6.45) is 3.21. The Labute approximate surface area is 378 Å². The maximum absolute atomic E-state index is 14.6. The Kier molecular flexibility index (Phi) is 19.0. The van der Waals surface area contributed by atoms with Crippen LogP contribution in [-0.4, -0.2) is 123 Å². The molecule has 0 fully saturated rings. The quantitative estimate of drug-likeness (QED) is 0.0131. The highest BCUT2D eigenvalue weighted by atomic mass is 32.1. The maximum Gasteiger partial charge on any atom is 0.326 e. The number of amides is 6. The smallest absolute Gasteiger partial charge is 0.326 e. The van der Waals surface area contributed by atoms with E-state index in [0.717, 1.165) is 21.8 Å². The normalized spacial score (nSPS) is 13.8. The number of H-pyrrole nitrogens is 2. The maximum atomic E-state index is 14.6. The predicted octanol–water partition coefficient (Wildman–Crippen LogP) is -2.82. The number of guanidine groups is 2. The number of para-hydroxylation sites is 2. The zero-order chi connectivity index (χ0) is 47.6. The number of hydrogen-bond donors (Lipinski definition) is 15. The number of carboxylic acids is 1. The van der Waals surface area contributed by atoms with E-state index in [1.807, 2.05) is 36.4 Å². The third-order valence-corrected chi connectivity index (χ3v) is 10.5. The third-order valence-electron chi connectivity index (χ3n) is 10.2. The average molecular weight is 920 g/mol. The monoisotopic (exact) mass is 919 g/mol. The molecule has 23 nitrogen and oxygen atoms in total. The van der Waals surface area contributed by atoms with Gasteiger partial charge >= 0.3 is 5.97 Å². The van der Waals surface area contributed by atoms with Crippen molar-refractivity contribution in [3.05, 3.63) is 72.1 Å². The summed E-state index contributed by atoms with van der Waals surface area (Å²) in [7, 11) is 0. The first kappa shape index (κ1) is 50.3. The van der Waals surface area contributed by atoms with Gasteiger partial charge < -0.3 is 76.1 Å². The van der Waals surface area contributed by atoms with E-state index in [0.29, 0.717) is 17.5 Å². The SMILES string of the molecule is NC(=O)C[C@H](NC(=O)[C@H](CS)NC(=O)[C@H](Cc1c[nH]c2ccccc12)NC(=O)[C@H](Cc1c[nH]c2ccccc12)NC(=O)[C@H](CCCN=C(N)N)NC(=O)[C@@H](N)CCCN=C(N)N)C(=O)O. The number of thiol groups is 1. The molecular formula is C41H57N15O8S. The Morgan fingerprint density at radius 2 is 1.00 bits per heavy atom. The summed E-state index contributed by atoms with van der Waals surface area (Å²) < 4.78 is 0. The van der Waals surface area contributed by atoms with Gasteiger partial charge in [0.15, 0.2) is 11.9 Å². The molecule has 0 spiro atoms. The average Bonchev–Trinajstić information content (AvgIpc) is 3.87. The lowest BCUT2D eigenvalue weighted by atomic mass is 10.0. The first-order chi connectivity index (χ1) is 31.0. The van der Waals surface area contributed by atoms with Crippen LogP contribution in [0.25, 0.3) is 21.8 Å². The zero-order valence-electron chi connectivity index (χ0n) is 35.4. The molecule has 6 atom stereocenters. The van der Waals surface area contributed by atoms with E-state index in [9.17, 15) is 38.7 Å². The van der Waals surface area contributed by atoms with E-state index in [1.165, 1.54) is 0 Å². The minimum atomic E-state index is -1.69. The van der Waals surface area contributed by atoms with Crippen LogP contribution in [0, 0.1) is 0 Å². The fourth-order valence-corrected chi connectivity index (χ4v) is 7.10. The van der Waals surface area contributed by atoms with E-state index in [2.05, 4.69) is 59.2 Å². The van der Waals surface area contributed by atoms with Crippen molar-refractivity contribution in [3.8, 4) is 0 Å². The minimum Gasteiger partial charge on any atom is -0.480 e. The highest BCUT2D eigenvalue weighted by Gasteiger charge is 2.34. The lowest BCUT2D eigenvalue weighted by Crippen LogP contribution is -2.60. The number of carbonyl (C=O) groups excluding carboxylic acids is 6. The molecule has 4 rings (SSSR count). The topological polar surface area (TPSA) is 412 Å². The highest BCUT2D eigenvalue weighted by Crippen LogP contribution is 2.21. The number of nitrogens with two attached hydrogens (primary N) is 6.